The van der Waals surface area contributed by atoms with Gasteiger partial charge in [0.25, 0.3) is 0 Å². The number of piperidine rings is 1. The zero-order valence-corrected chi connectivity index (χ0v) is 8.03. The number of amides is 2. The van der Waals surface area contributed by atoms with Gasteiger partial charge in [-0.05, 0) is 6.42 Å². The lowest BCUT2D eigenvalue weighted by atomic mass is 9.87. The normalized spacial score (nSPS) is 32.6. The molecule has 2 aliphatic rings. The van der Waals surface area contributed by atoms with E-state index in [2.05, 4.69) is 5.32 Å². The Labute approximate surface area is 82.6 Å². The first kappa shape index (κ1) is 9.45. The minimum absolute atomic E-state index is 0.0116. The van der Waals surface area contributed by atoms with Crippen molar-refractivity contribution in [3.05, 3.63) is 0 Å². The molecule has 14 heavy (non-hydrogen) atoms. The zero-order valence-electron chi connectivity index (χ0n) is 8.03. The van der Waals surface area contributed by atoms with Gasteiger partial charge in [-0.2, -0.15) is 0 Å². The van der Waals surface area contributed by atoms with E-state index in [9.17, 15) is 9.59 Å². The summed E-state index contributed by atoms with van der Waals surface area (Å²) in [4.78, 5) is 24.5. The smallest absolute Gasteiger partial charge is 0.222 e. The number of piperazine rings is 1. The van der Waals surface area contributed by atoms with Crippen LogP contribution in [0.1, 0.15) is 12.8 Å². The van der Waals surface area contributed by atoms with Crippen molar-refractivity contribution in [3.8, 4) is 0 Å². The Morgan fingerprint density at radius 1 is 1.57 bits per heavy atom. The lowest BCUT2D eigenvalue weighted by Crippen LogP contribution is -2.61. The molecule has 5 heteroatoms. The third-order valence-electron chi connectivity index (χ3n) is 3.10. The van der Waals surface area contributed by atoms with E-state index in [1.807, 2.05) is 0 Å². The summed E-state index contributed by atoms with van der Waals surface area (Å²) in [5.74, 6) is -0.286. The summed E-state index contributed by atoms with van der Waals surface area (Å²) in [6.07, 6.45) is 1.07. The van der Waals surface area contributed by atoms with Crippen molar-refractivity contribution in [1.82, 2.24) is 10.2 Å². The van der Waals surface area contributed by atoms with Gasteiger partial charge in [0.1, 0.15) is 0 Å². The highest BCUT2D eigenvalue weighted by Crippen LogP contribution is 2.25. The van der Waals surface area contributed by atoms with E-state index in [0.29, 0.717) is 25.9 Å². The van der Waals surface area contributed by atoms with Crippen LogP contribution in [-0.4, -0.2) is 42.4 Å². The number of hydrogen-bond donors (Lipinski definition) is 2. The Kier molecular flexibility index (Phi) is 2.41. The molecule has 2 aliphatic heterocycles. The Morgan fingerprint density at radius 2 is 2.36 bits per heavy atom. The number of nitrogens with one attached hydrogen (secondary N) is 1. The molecule has 2 heterocycles. The summed E-state index contributed by atoms with van der Waals surface area (Å²) in [6, 6.07) is -0.0116. The minimum atomic E-state index is -0.281. The van der Waals surface area contributed by atoms with Gasteiger partial charge in [-0.15, -0.1) is 0 Å². The van der Waals surface area contributed by atoms with Crippen molar-refractivity contribution in [2.24, 2.45) is 11.7 Å². The van der Waals surface area contributed by atoms with E-state index in [0.717, 1.165) is 6.54 Å². The summed E-state index contributed by atoms with van der Waals surface area (Å²) in [5, 5.41) is 3.19. The molecule has 5 nitrogen and oxygen atoms in total. The number of nitrogens with zero attached hydrogens (tertiary/aromatic N) is 1. The summed E-state index contributed by atoms with van der Waals surface area (Å²) in [7, 11) is 0. The molecule has 2 fully saturated rings. The fourth-order valence-corrected chi connectivity index (χ4v) is 2.34. The molecule has 2 atom stereocenters. The van der Waals surface area contributed by atoms with E-state index < -0.39 is 0 Å². The Balaban J connectivity index is 2.16. The second kappa shape index (κ2) is 3.57. The summed E-state index contributed by atoms with van der Waals surface area (Å²) < 4.78 is 0. The average molecular weight is 197 g/mol. The minimum Gasteiger partial charge on any atom is -0.369 e. The molecule has 3 N–H and O–H groups in total. The predicted molar refractivity (Wildman–Crippen MR) is 50.3 cm³/mol. The van der Waals surface area contributed by atoms with Gasteiger partial charge < -0.3 is 16.0 Å². The number of primary amides is 1. The quantitative estimate of drug-likeness (QED) is 0.547. The monoisotopic (exact) mass is 197 g/mol. The standard InChI is InChI=1S/C9H15N3O2/c10-9(14)6-1-2-8(13)12-4-3-11-5-7(6)12/h6-7,11H,1-5H2,(H2,10,14). The molecule has 2 rings (SSSR count). The van der Waals surface area contributed by atoms with Crippen molar-refractivity contribution in [1.29, 1.82) is 0 Å². The Morgan fingerprint density at radius 3 is 3.07 bits per heavy atom. The van der Waals surface area contributed by atoms with Crippen LogP contribution in [0.25, 0.3) is 0 Å². The molecular weight excluding hydrogens is 182 g/mol. The van der Waals surface area contributed by atoms with Gasteiger partial charge in [0, 0.05) is 26.1 Å². The average Bonchev–Trinajstić information content (AvgIpc) is 2.18. The van der Waals surface area contributed by atoms with Crippen LogP contribution in [0.2, 0.25) is 0 Å². The van der Waals surface area contributed by atoms with Crippen LogP contribution in [0.4, 0.5) is 0 Å². The van der Waals surface area contributed by atoms with E-state index in [1.165, 1.54) is 0 Å². The van der Waals surface area contributed by atoms with E-state index in [-0.39, 0.29) is 23.8 Å². The number of fused-ring (bicyclic) bond motifs is 1. The fraction of sp³-hybridized carbons (Fsp3) is 0.778. The molecule has 78 valence electrons. The first-order chi connectivity index (χ1) is 6.70. The second-order valence-electron chi connectivity index (χ2n) is 3.91. The van der Waals surface area contributed by atoms with Gasteiger partial charge in [-0.1, -0.05) is 0 Å². The summed E-state index contributed by atoms with van der Waals surface area (Å²) >= 11 is 0. The lowest BCUT2D eigenvalue weighted by Gasteiger charge is -2.43. The Bertz CT molecular complexity index is 265. The number of nitrogens with two attached hydrogens (primary N) is 1. The maximum atomic E-state index is 11.5. The van der Waals surface area contributed by atoms with Gasteiger partial charge in [0.15, 0.2) is 0 Å². The van der Waals surface area contributed by atoms with Gasteiger partial charge in [-0.3, -0.25) is 9.59 Å². The van der Waals surface area contributed by atoms with Crippen LogP contribution in [-0.2, 0) is 9.59 Å². The van der Waals surface area contributed by atoms with Crippen molar-refractivity contribution >= 4 is 11.8 Å². The van der Waals surface area contributed by atoms with Crippen LogP contribution >= 0.6 is 0 Å². The highest BCUT2D eigenvalue weighted by Gasteiger charge is 2.39. The predicted octanol–water partition coefficient (Wildman–Crippen LogP) is -1.32. The molecule has 0 spiro atoms. The van der Waals surface area contributed by atoms with Crippen LogP contribution < -0.4 is 11.1 Å². The SMILES string of the molecule is NC(=O)C1CCC(=O)N2CCNCC12. The van der Waals surface area contributed by atoms with Crippen LogP contribution in [0, 0.1) is 5.92 Å². The largest absolute Gasteiger partial charge is 0.369 e. The highest BCUT2D eigenvalue weighted by molar-refractivity contribution is 5.83. The van der Waals surface area contributed by atoms with Crippen LogP contribution in [0.15, 0.2) is 0 Å². The van der Waals surface area contributed by atoms with Gasteiger partial charge in [0.05, 0.1) is 12.0 Å². The molecule has 0 aromatic rings. The van der Waals surface area contributed by atoms with Crippen molar-refractivity contribution in [3.63, 3.8) is 0 Å². The molecule has 0 bridgehead atoms. The number of hydrogen-bond acceptors (Lipinski definition) is 3. The van der Waals surface area contributed by atoms with Crippen LogP contribution in [0.5, 0.6) is 0 Å². The van der Waals surface area contributed by atoms with Gasteiger partial charge >= 0.3 is 0 Å². The van der Waals surface area contributed by atoms with E-state index in [4.69, 9.17) is 5.73 Å². The van der Waals surface area contributed by atoms with Crippen molar-refractivity contribution in [2.75, 3.05) is 19.6 Å². The summed E-state index contributed by atoms with van der Waals surface area (Å²) in [5.41, 5.74) is 5.31. The molecule has 2 saturated heterocycles. The zero-order chi connectivity index (χ0) is 10.1. The number of carbonyl (C=O) groups is 2. The second-order valence-corrected chi connectivity index (χ2v) is 3.91. The van der Waals surface area contributed by atoms with Crippen LogP contribution in [0.3, 0.4) is 0 Å². The van der Waals surface area contributed by atoms with Gasteiger partial charge in [0.2, 0.25) is 11.8 Å². The highest BCUT2D eigenvalue weighted by atomic mass is 16.2. The Hall–Kier alpha value is -1.10. The maximum Gasteiger partial charge on any atom is 0.222 e. The molecular formula is C9H15N3O2. The molecule has 2 amide bonds. The number of rotatable bonds is 1. The van der Waals surface area contributed by atoms with E-state index >= 15 is 0 Å². The third kappa shape index (κ3) is 1.48. The molecule has 0 radical (unpaired) electrons. The number of carbonyl (C=O) groups excluding carboxylic acids is 2. The first-order valence-electron chi connectivity index (χ1n) is 4.99. The first-order valence-corrected chi connectivity index (χ1v) is 4.99. The van der Waals surface area contributed by atoms with E-state index in [1.54, 1.807) is 4.90 Å². The fourth-order valence-electron chi connectivity index (χ4n) is 2.34. The maximum absolute atomic E-state index is 11.5. The molecule has 0 saturated carbocycles. The molecule has 0 aliphatic carbocycles. The molecule has 0 aromatic heterocycles. The third-order valence-corrected chi connectivity index (χ3v) is 3.10. The summed E-state index contributed by atoms with van der Waals surface area (Å²) in [6.45, 7) is 2.21. The topological polar surface area (TPSA) is 75.4 Å². The van der Waals surface area contributed by atoms with Crippen molar-refractivity contribution in [2.45, 2.75) is 18.9 Å². The van der Waals surface area contributed by atoms with Gasteiger partial charge in [-0.25, -0.2) is 0 Å². The van der Waals surface area contributed by atoms with Crippen molar-refractivity contribution < 1.29 is 9.59 Å². The lowest BCUT2D eigenvalue weighted by molar-refractivity contribution is -0.143. The molecule has 0 aromatic carbocycles. The molecule has 2 unspecified atom stereocenters.